The lowest BCUT2D eigenvalue weighted by Crippen LogP contribution is -2.14. The number of Topliss-reactive ketones (excluding diaryl/α,β-unsaturated/α-hetero) is 1. The van der Waals surface area contributed by atoms with E-state index in [9.17, 15) is 4.79 Å². The molecule has 1 rings (SSSR count). The summed E-state index contributed by atoms with van der Waals surface area (Å²) < 4.78 is 21.4. The molecule has 0 radical (unpaired) electrons. The predicted octanol–water partition coefficient (Wildman–Crippen LogP) is 2.52. The largest absolute Gasteiger partial charge is 0.491 e. The van der Waals surface area contributed by atoms with Gasteiger partial charge in [0.15, 0.2) is 5.78 Å². The Morgan fingerprint density at radius 1 is 0.917 bits per heavy atom. The van der Waals surface area contributed by atoms with Gasteiger partial charge in [-0.2, -0.15) is 0 Å². The third-order valence-electron chi connectivity index (χ3n) is 2.86. The van der Waals surface area contributed by atoms with Crippen LogP contribution in [0.5, 0.6) is 5.75 Å². The van der Waals surface area contributed by atoms with Crippen molar-refractivity contribution in [1.29, 1.82) is 0 Å². The maximum atomic E-state index is 10.6. The van der Waals surface area contributed by atoms with Crippen LogP contribution in [0, 0.1) is 0 Å². The van der Waals surface area contributed by atoms with Crippen molar-refractivity contribution in [2.45, 2.75) is 26.8 Å². The number of hydrogen-bond donors (Lipinski definition) is 1. The molecule has 0 aromatic heterocycles. The minimum Gasteiger partial charge on any atom is -0.491 e. The quantitative estimate of drug-likeness (QED) is 0.526. The highest BCUT2D eigenvalue weighted by Crippen LogP contribution is 2.16. The highest BCUT2D eigenvalue weighted by Gasteiger charge is 1.98. The normalized spacial score (nSPS) is 10.8. The molecule has 0 fully saturated rings. The van der Waals surface area contributed by atoms with Gasteiger partial charge >= 0.3 is 0 Å². The summed E-state index contributed by atoms with van der Waals surface area (Å²) >= 11 is 0. The van der Waals surface area contributed by atoms with E-state index >= 15 is 0 Å². The Kier molecular flexibility index (Phi) is 10.8. The molecule has 24 heavy (non-hydrogen) atoms. The minimum atomic E-state index is 0.0177. The molecule has 0 heterocycles. The Bertz CT molecular complexity index is 447. The second-order valence-corrected chi connectivity index (χ2v) is 5.65. The highest BCUT2D eigenvalue weighted by atomic mass is 16.6. The van der Waals surface area contributed by atoms with E-state index < -0.39 is 0 Å². The summed E-state index contributed by atoms with van der Waals surface area (Å²) in [6.45, 7) is 8.74. The summed E-state index contributed by atoms with van der Waals surface area (Å²) in [5, 5.41) is 3.33. The van der Waals surface area contributed by atoms with Crippen molar-refractivity contribution in [3.8, 4) is 5.75 Å². The first-order valence-corrected chi connectivity index (χ1v) is 8.30. The summed E-state index contributed by atoms with van der Waals surface area (Å²) in [6.07, 6.45) is 0. The number of benzene rings is 1. The molecule has 0 spiro atoms. The van der Waals surface area contributed by atoms with Crippen molar-refractivity contribution in [1.82, 2.24) is 0 Å². The molecule has 0 saturated carbocycles. The topological polar surface area (TPSA) is 66.0 Å². The van der Waals surface area contributed by atoms with Crippen LogP contribution in [0.3, 0.4) is 0 Å². The Labute approximate surface area is 144 Å². The van der Waals surface area contributed by atoms with Crippen molar-refractivity contribution in [3.63, 3.8) is 0 Å². The van der Waals surface area contributed by atoms with Crippen LogP contribution < -0.4 is 10.1 Å². The smallest absolute Gasteiger partial charge is 0.155 e. The zero-order valence-electron chi connectivity index (χ0n) is 14.9. The first kappa shape index (κ1) is 20.4. The van der Waals surface area contributed by atoms with Crippen LogP contribution >= 0.6 is 0 Å². The number of ether oxygens (including phenoxy) is 4. The SMILES string of the molecule is CC(=O)COCCOCCOCCOc1ccc(NC(C)C)cc1. The molecule has 0 aliphatic rings. The van der Waals surface area contributed by atoms with Crippen LogP contribution in [0.4, 0.5) is 5.69 Å². The number of carbonyl (C=O) groups is 1. The predicted molar refractivity (Wildman–Crippen MR) is 93.8 cm³/mol. The molecule has 6 nitrogen and oxygen atoms in total. The Morgan fingerprint density at radius 3 is 2.00 bits per heavy atom. The van der Waals surface area contributed by atoms with E-state index in [0.29, 0.717) is 45.7 Å². The van der Waals surface area contributed by atoms with Crippen molar-refractivity contribution in [3.05, 3.63) is 24.3 Å². The molecule has 0 amide bonds. The standard InChI is InChI=1S/C18H29NO5/c1-15(2)19-17-4-6-18(7-5-17)24-13-12-22-9-8-21-10-11-23-14-16(3)20/h4-7,15,19H,8-14H2,1-3H3. The number of carbonyl (C=O) groups excluding carboxylic acids is 1. The molecule has 136 valence electrons. The van der Waals surface area contributed by atoms with E-state index in [0.717, 1.165) is 11.4 Å². The molecule has 0 atom stereocenters. The first-order valence-electron chi connectivity index (χ1n) is 8.30. The number of ketones is 1. The fourth-order valence-corrected chi connectivity index (χ4v) is 1.85. The summed E-state index contributed by atoms with van der Waals surface area (Å²) in [5.41, 5.74) is 1.08. The second kappa shape index (κ2) is 12.8. The molecule has 0 saturated heterocycles. The molecular weight excluding hydrogens is 310 g/mol. The van der Waals surface area contributed by atoms with Gasteiger partial charge in [-0.3, -0.25) is 4.79 Å². The van der Waals surface area contributed by atoms with Crippen LogP contribution in [-0.2, 0) is 19.0 Å². The van der Waals surface area contributed by atoms with Gasteiger partial charge in [-0.05, 0) is 45.0 Å². The lowest BCUT2D eigenvalue weighted by molar-refractivity contribution is -0.122. The summed E-state index contributed by atoms with van der Waals surface area (Å²) in [4.78, 5) is 10.6. The van der Waals surface area contributed by atoms with Crippen LogP contribution in [-0.4, -0.2) is 58.1 Å². The molecule has 0 aliphatic carbocycles. The third kappa shape index (κ3) is 11.0. The van der Waals surface area contributed by atoms with Crippen LogP contribution in [0.25, 0.3) is 0 Å². The van der Waals surface area contributed by atoms with Gasteiger partial charge in [0.05, 0.1) is 33.0 Å². The lowest BCUT2D eigenvalue weighted by atomic mass is 10.3. The number of nitrogens with one attached hydrogen (secondary N) is 1. The second-order valence-electron chi connectivity index (χ2n) is 5.65. The average Bonchev–Trinajstić information content (AvgIpc) is 2.53. The average molecular weight is 339 g/mol. The monoisotopic (exact) mass is 339 g/mol. The molecule has 6 heteroatoms. The van der Waals surface area contributed by atoms with Gasteiger partial charge < -0.3 is 24.3 Å². The van der Waals surface area contributed by atoms with Crippen LogP contribution in [0.1, 0.15) is 20.8 Å². The van der Waals surface area contributed by atoms with Crippen molar-refractivity contribution in [2.75, 3.05) is 51.6 Å². The van der Waals surface area contributed by atoms with Gasteiger partial charge in [-0.1, -0.05) is 0 Å². The summed E-state index contributed by atoms with van der Waals surface area (Å²) in [5.74, 6) is 0.843. The van der Waals surface area contributed by atoms with Crippen molar-refractivity contribution in [2.24, 2.45) is 0 Å². The fraction of sp³-hybridized carbons (Fsp3) is 0.611. The zero-order valence-corrected chi connectivity index (χ0v) is 14.9. The number of anilines is 1. The van der Waals surface area contributed by atoms with E-state index in [1.165, 1.54) is 6.92 Å². The third-order valence-corrected chi connectivity index (χ3v) is 2.86. The van der Waals surface area contributed by atoms with E-state index in [1.54, 1.807) is 0 Å². The van der Waals surface area contributed by atoms with E-state index in [1.807, 2.05) is 24.3 Å². The van der Waals surface area contributed by atoms with Gasteiger partial charge in [0, 0.05) is 11.7 Å². The molecule has 0 aliphatic heterocycles. The van der Waals surface area contributed by atoms with Crippen LogP contribution in [0.2, 0.25) is 0 Å². The van der Waals surface area contributed by atoms with Crippen molar-refractivity contribution < 1.29 is 23.7 Å². The maximum absolute atomic E-state index is 10.6. The minimum absolute atomic E-state index is 0.0177. The van der Waals surface area contributed by atoms with Gasteiger partial charge in [-0.15, -0.1) is 0 Å². The fourth-order valence-electron chi connectivity index (χ4n) is 1.85. The maximum Gasteiger partial charge on any atom is 0.155 e. The summed E-state index contributed by atoms with van der Waals surface area (Å²) in [7, 11) is 0. The Hall–Kier alpha value is -1.63. The Balaban J connectivity index is 1.94. The van der Waals surface area contributed by atoms with Crippen molar-refractivity contribution >= 4 is 11.5 Å². The van der Waals surface area contributed by atoms with Gasteiger partial charge in [0.2, 0.25) is 0 Å². The molecule has 1 N–H and O–H groups in total. The van der Waals surface area contributed by atoms with Gasteiger partial charge in [0.25, 0.3) is 0 Å². The van der Waals surface area contributed by atoms with Gasteiger partial charge in [-0.25, -0.2) is 0 Å². The first-order chi connectivity index (χ1) is 11.6. The van der Waals surface area contributed by atoms with E-state index in [4.69, 9.17) is 18.9 Å². The zero-order chi connectivity index (χ0) is 17.6. The molecule has 0 bridgehead atoms. The van der Waals surface area contributed by atoms with Crippen LogP contribution in [0.15, 0.2) is 24.3 Å². The number of hydrogen-bond acceptors (Lipinski definition) is 6. The van der Waals surface area contributed by atoms with E-state index in [2.05, 4.69) is 19.2 Å². The molecule has 1 aromatic rings. The Morgan fingerprint density at radius 2 is 1.46 bits per heavy atom. The van der Waals surface area contributed by atoms with Gasteiger partial charge in [0.1, 0.15) is 19.0 Å². The van der Waals surface area contributed by atoms with E-state index in [-0.39, 0.29) is 12.4 Å². The molecular formula is C18H29NO5. The lowest BCUT2D eigenvalue weighted by Gasteiger charge is -2.11. The number of rotatable bonds is 14. The molecule has 1 aromatic carbocycles. The molecule has 0 unspecified atom stereocenters. The summed E-state index contributed by atoms with van der Waals surface area (Å²) in [6, 6.07) is 8.29. The highest BCUT2D eigenvalue weighted by molar-refractivity contribution is 5.76.